The summed E-state index contributed by atoms with van der Waals surface area (Å²) < 4.78 is 13.7. The quantitative estimate of drug-likeness (QED) is 0.530. The van der Waals surface area contributed by atoms with Gasteiger partial charge in [0.15, 0.2) is 4.34 Å². The van der Waals surface area contributed by atoms with Gasteiger partial charge < -0.3 is 10.6 Å². The van der Waals surface area contributed by atoms with E-state index >= 15 is 0 Å². The van der Waals surface area contributed by atoms with Crippen molar-refractivity contribution in [2.45, 2.75) is 31.2 Å². The summed E-state index contributed by atoms with van der Waals surface area (Å²) >= 11 is 2.74. The first-order valence-corrected chi connectivity index (χ1v) is 10.6. The summed E-state index contributed by atoms with van der Waals surface area (Å²) in [4.78, 5) is 12.2. The highest BCUT2D eigenvalue weighted by Crippen LogP contribution is 2.28. The van der Waals surface area contributed by atoms with Gasteiger partial charge in [-0.15, -0.1) is 10.2 Å². The van der Waals surface area contributed by atoms with E-state index in [0.29, 0.717) is 5.13 Å². The fourth-order valence-electron chi connectivity index (χ4n) is 2.51. The molecular formula is C20H21FN4OS2. The highest BCUT2D eigenvalue weighted by atomic mass is 32.2. The van der Waals surface area contributed by atoms with Gasteiger partial charge in [0.1, 0.15) is 5.82 Å². The molecule has 2 N–H and O–H groups in total. The topological polar surface area (TPSA) is 66.9 Å². The van der Waals surface area contributed by atoms with Crippen LogP contribution in [0.25, 0.3) is 0 Å². The standard InChI is InChI=1S/C20H21FN4OS2/c1-12-4-9-17(10-13(12)2)23-19-24-25-20(28-19)27-11-18(26)22-14(3)15-5-7-16(21)8-6-15/h4-10,14H,11H2,1-3H3,(H,22,26)(H,23,24). The Morgan fingerprint density at radius 1 is 1.14 bits per heavy atom. The number of aryl methyl sites for hydroxylation is 2. The molecule has 1 unspecified atom stereocenters. The van der Waals surface area contributed by atoms with Crippen LogP contribution < -0.4 is 10.6 Å². The van der Waals surface area contributed by atoms with Crippen molar-refractivity contribution in [2.75, 3.05) is 11.1 Å². The number of rotatable bonds is 7. The molecule has 3 rings (SSSR count). The van der Waals surface area contributed by atoms with Crippen LogP contribution in [0.4, 0.5) is 15.2 Å². The predicted octanol–water partition coefficient (Wildman–Crippen LogP) is 5.01. The molecular weight excluding hydrogens is 395 g/mol. The first-order chi connectivity index (χ1) is 13.4. The monoisotopic (exact) mass is 416 g/mol. The van der Waals surface area contributed by atoms with Crippen molar-refractivity contribution in [1.29, 1.82) is 0 Å². The van der Waals surface area contributed by atoms with Crippen LogP contribution in [0.2, 0.25) is 0 Å². The molecule has 1 aromatic heterocycles. The second-order valence-corrected chi connectivity index (χ2v) is 8.63. The molecule has 2 aromatic carbocycles. The molecule has 3 aromatic rings. The number of anilines is 2. The van der Waals surface area contributed by atoms with E-state index in [1.807, 2.05) is 13.0 Å². The van der Waals surface area contributed by atoms with E-state index in [1.165, 1.54) is 46.4 Å². The number of carbonyl (C=O) groups excluding carboxylic acids is 1. The van der Waals surface area contributed by atoms with Crippen LogP contribution in [0.5, 0.6) is 0 Å². The summed E-state index contributed by atoms with van der Waals surface area (Å²) in [6.07, 6.45) is 0. The van der Waals surface area contributed by atoms with Crippen LogP contribution in [0, 0.1) is 19.7 Å². The van der Waals surface area contributed by atoms with Crippen LogP contribution in [0.15, 0.2) is 46.8 Å². The fraction of sp³-hybridized carbons (Fsp3) is 0.250. The normalized spacial score (nSPS) is 11.9. The molecule has 0 fully saturated rings. The Balaban J connectivity index is 1.50. The minimum Gasteiger partial charge on any atom is -0.349 e. The number of hydrogen-bond donors (Lipinski definition) is 2. The van der Waals surface area contributed by atoms with Crippen LogP contribution in [0.1, 0.15) is 29.7 Å². The van der Waals surface area contributed by atoms with E-state index in [0.717, 1.165) is 15.6 Å². The summed E-state index contributed by atoms with van der Waals surface area (Å²) in [7, 11) is 0. The van der Waals surface area contributed by atoms with Gasteiger partial charge in [0.2, 0.25) is 11.0 Å². The number of amides is 1. The second-order valence-electron chi connectivity index (χ2n) is 6.43. The van der Waals surface area contributed by atoms with Crippen LogP contribution in [-0.2, 0) is 4.79 Å². The molecule has 0 aliphatic rings. The van der Waals surface area contributed by atoms with Crippen molar-refractivity contribution in [1.82, 2.24) is 15.5 Å². The molecule has 0 spiro atoms. The summed E-state index contributed by atoms with van der Waals surface area (Å²) in [6.45, 7) is 6.00. The van der Waals surface area contributed by atoms with Crippen molar-refractivity contribution in [3.05, 3.63) is 65.0 Å². The average Bonchev–Trinajstić information content (AvgIpc) is 3.11. The van der Waals surface area contributed by atoms with Gasteiger partial charge in [-0.1, -0.05) is 41.3 Å². The Hall–Kier alpha value is -2.45. The largest absolute Gasteiger partial charge is 0.349 e. The Morgan fingerprint density at radius 3 is 2.61 bits per heavy atom. The minimum absolute atomic E-state index is 0.110. The lowest BCUT2D eigenvalue weighted by Gasteiger charge is -2.13. The maximum atomic E-state index is 13.0. The highest BCUT2D eigenvalue weighted by molar-refractivity contribution is 8.01. The van der Waals surface area contributed by atoms with E-state index in [-0.39, 0.29) is 23.5 Å². The first kappa shape index (κ1) is 20.3. The van der Waals surface area contributed by atoms with E-state index in [9.17, 15) is 9.18 Å². The average molecular weight is 417 g/mol. The number of nitrogens with one attached hydrogen (secondary N) is 2. The fourth-order valence-corrected chi connectivity index (χ4v) is 4.09. The lowest BCUT2D eigenvalue weighted by atomic mass is 10.1. The molecule has 0 aliphatic heterocycles. The zero-order chi connectivity index (χ0) is 20.1. The molecule has 0 saturated carbocycles. The molecule has 0 saturated heterocycles. The molecule has 146 valence electrons. The smallest absolute Gasteiger partial charge is 0.230 e. The Morgan fingerprint density at radius 2 is 1.89 bits per heavy atom. The second kappa shape index (κ2) is 9.16. The molecule has 0 bridgehead atoms. The lowest BCUT2D eigenvalue weighted by molar-refractivity contribution is -0.119. The van der Waals surface area contributed by atoms with Crippen molar-refractivity contribution in [2.24, 2.45) is 0 Å². The third-order valence-corrected chi connectivity index (χ3v) is 6.21. The van der Waals surface area contributed by atoms with Gasteiger partial charge in [-0.2, -0.15) is 0 Å². The first-order valence-electron chi connectivity index (χ1n) is 8.76. The van der Waals surface area contributed by atoms with Gasteiger partial charge in [0.05, 0.1) is 11.8 Å². The lowest BCUT2D eigenvalue weighted by Crippen LogP contribution is -2.28. The number of carbonyl (C=O) groups is 1. The van der Waals surface area contributed by atoms with Crippen molar-refractivity contribution in [3.8, 4) is 0 Å². The van der Waals surface area contributed by atoms with E-state index in [4.69, 9.17) is 0 Å². The number of nitrogens with zero attached hydrogens (tertiary/aromatic N) is 2. The summed E-state index contributed by atoms with van der Waals surface area (Å²) in [5.74, 6) is -0.163. The van der Waals surface area contributed by atoms with Crippen molar-refractivity contribution in [3.63, 3.8) is 0 Å². The van der Waals surface area contributed by atoms with Crippen LogP contribution in [-0.4, -0.2) is 21.9 Å². The third-order valence-electron chi connectivity index (χ3n) is 4.24. The van der Waals surface area contributed by atoms with Gasteiger partial charge in [0, 0.05) is 5.69 Å². The minimum atomic E-state index is -0.292. The number of benzene rings is 2. The van der Waals surface area contributed by atoms with Gasteiger partial charge in [-0.3, -0.25) is 4.79 Å². The molecule has 1 atom stereocenters. The molecule has 8 heteroatoms. The number of aromatic nitrogens is 2. The SMILES string of the molecule is Cc1ccc(Nc2nnc(SCC(=O)NC(C)c3ccc(F)cc3)s2)cc1C. The van der Waals surface area contributed by atoms with Crippen molar-refractivity contribution >= 4 is 39.8 Å². The van der Waals surface area contributed by atoms with Gasteiger partial charge in [-0.25, -0.2) is 4.39 Å². The zero-order valence-electron chi connectivity index (χ0n) is 15.8. The van der Waals surface area contributed by atoms with Gasteiger partial charge >= 0.3 is 0 Å². The van der Waals surface area contributed by atoms with Gasteiger partial charge in [-0.05, 0) is 61.7 Å². The molecule has 28 heavy (non-hydrogen) atoms. The predicted molar refractivity (Wildman–Crippen MR) is 113 cm³/mol. The maximum Gasteiger partial charge on any atom is 0.230 e. The molecule has 1 heterocycles. The summed E-state index contributed by atoms with van der Waals surface area (Å²) in [5, 5.41) is 15.1. The van der Waals surface area contributed by atoms with Crippen molar-refractivity contribution < 1.29 is 9.18 Å². The summed E-state index contributed by atoms with van der Waals surface area (Å²) in [6, 6.07) is 12.0. The number of thioether (sulfide) groups is 1. The Kier molecular flexibility index (Phi) is 6.64. The van der Waals surface area contributed by atoms with E-state index in [1.54, 1.807) is 12.1 Å². The third kappa shape index (κ3) is 5.53. The zero-order valence-corrected chi connectivity index (χ0v) is 17.5. The van der Waals surface area contributed by atoms with Gasteiger partial charge in [0.25, 0.3) is 0 Å². The molecule has 1 amide bonds. The number of hydrogen-bond acceptors (Lipinski definition) is 6. The maximum absolute atomic E-state index is 13.0. The van der Waals surface area contributed by atoms with Crippen LogP contribution in [0.3, 0.4) is 0 Å². The van der Waals surface area contributed by atoms with Crippen LogP contribution >= 0.6 is 23.1 Å². The number of halogens is 1. The summed E-state index contributed by atoms with van der Waals surface area (Å²) in [5.41, 5.74) is 4.26. The molecule has 0 radical (unpaired) electrons. The molecule has 0 aliphatic carbocycles. The molecule has 5 nitrogen and oxygen atoms in total. The van der Waals surface area contributed by atoms with E-state index < -0.39 is 0 Å². The Labute approximate surface area is 171 Å². The highest BCUT2D eigenvalue weighted by Gasteiger charge is 2.12. The Bertz CT molecular complexity index is 959. The van der Waals surface area contributed by atoms with E-state index in [2.05, 4.69) is 46.8 Å².